The molecule has 4 nitrogen and oxygen atoms in total. The highest BCUT2D eigenvalue weighted by Crippen LogP contribution is 2.23. The molecule has 0 aliphatic heterocycles. The molecule has 2 aromatic rings. The zero-order valence-electron chi connectivity index (χ0n) is 13.5. The van der Waals surface area contributed by atoms with Crippen molar-refractivity contribution in [3.63, 3.8) is 0 Å². The number of nitrogens with two attached hydrogens (primary N) is 1. The van der Waals surface area contributed by atoms with Crippen LogP contribution < -0.4 is 15.8 Å². The van der Waals surface area contributed by atoms with Crippen molar-refractivity contribution >= 4 is 23.4 Å². The fourth-order valence-corrected chi connectivity index (χ4v) is 1.94. The Labute approximate surface area is 137 Å². The summed E-state index contributed by atoms with van der Waals surface area (Å²) in [6.07, 6.45) is 3.21. The van der Waals surface area contributed by atoms with Crippen molar-refractivity contribution in [2.45, 2.75) is 13.8 Å². The molecule has 0 saturated carbocycles. The second-order valence-electron chi connectivity index (χ2n) is 5.69. The number of anilines is 2. The Balaban J connectivity index is 1.97. The summed E-state index contributed by atoms with van der Waals surface area (Å²) in [5.41, 5.74) is 8.16. The molecule has 0 aliphatic rings. The largest absolute Gasteiger partial charge is 0.491 e. The molecule has 0 fully saturated rings. The first kappa shape index (κ1) is 16.6. The van der Waals surface area contributed by atoms with Gasteiger partial charge in [0, 0.05) is 11.8 Å². The van der Waals surface area contributed by atoms with Gasteiger partial charge in [0.25, 0.3) is 0 Å². The van der Waals surface area contributed by atoms with E-state index < -0.39 is 0 Å². The van der Waals surface area contributed by atoms with E-state index in [2.05, 4.69) is 19.2 Å². The summed E-state index contributed by atoms with van der Waals surface area (Å²) < 4.78 is 5.63. The van der Waals surface area contributed by atoms with E-state index >= 15 is 0 Å². The first-order chi connectivity index (χ1) is 11.0. The van der Waals surface area contributed by atoms with Gasteiger partial charge in [-0.25, -0.2) is 0 Å². The lowest BCUT2D eigenvalue weighted by atomic mass is 10.1. The number of benzene rings is 2. The van der Waals surface area contributed by atoms with Gasteiger partial charge in [-0.05, 0) is 41.8 Å². The van der Waals surface area contributed by atoms with Crippen LogP contribution in [0.5, 0.6) is 5.75 Å². The van der Waals surface area contributed by atoms with E-state index in [-0.39, 0.29) is 5.91 Å². The lowest BCUT2D eigenvalue weighted by molar-refractivity contribution is -0.111. The molecule has 1 amide bonds. The van der Waals surface area contributed by atoms with Crippen molar-refractivity contribution in [3.05, 3.63) is 60.2 Å². The van der Waals surface area contributed by atoms with Gasteiger partial charge in [0.1, 0.15) is 5.75 Å². The van der Waals surface area contributed by atoms with Crippen LogP contribution in [0.2, 0.25) is 0 Å². The number of nitrogens with one attached hydrogen (secondary N) is 1. The second kappa shape index (κ2) is 8.03. The zero-order chi connectivity index (χ0) is 16.7. The summed E-state index contributed by atoms with van der Waals surface area (Å²) in [7, 11) is 0. The lowest BCUT2D eigenvalue weighted by Gasteiger charge is -2.11. The van der Waals surface area contributed by atoms with E-state index in [1.807, 2.05) is 42.5 Å². The molecule has 0 unspecified atom stereocenters. The molecule has 4 heteroatoms. The predicted molar refractivity (Wildman–Crippen MR) is 95.3 cm³/mol. The first-order valence-corrected chi connectivity index (χ1v) is 7.61. The minimum Gasteiger partial charge on any atom is -0.491 e. The predicted octanol–water partition coefficient (Wildman–Crippen LogP) is 3.96. The fraction of sp³-hybridized carbons (Fsp3) is 0.211. The first-order valence-electron chi connectivity index (χ1n) is 7.61. The highest BCUT2D eigenvalue weighted by Gasteiger charge is 2.03. The third kappa shape index (κ3) is 5.51. The molecule has 0 aliphatic carbocycles. The van der Waals surface area contributed by atoms with E-state index in [4.69, 9.17) is 10.5 Å². The highest BCUT2D eigenvalue weighted by molar-refractivity contribution is 6.01. The highest BCUT2D eigenvalue weighted by atomic mass is 16.5. The second-order valence-corrected chi connectivity index (χ2v) is 5.69. The number of hydrogen-bond acceptors (Lipinski definition) is 3. The summed E-state index contributed by atoms with van der Waals surface area (Å²) in [5.74, 6) is 0.926. The van der Waals surface area contributed by atoms with Crippen LogP contribution in [0.15, 0.2) is 54.6 Å². The smallest absolute Gasteiger partial charge is 0.248 e. The molecule has 2 rings (SSSR count). The molecule has 0 bridgehead atoms. The fourth-order valence-electron chi connectivity index (χ4n) is 1.94. The van der Waals surface area contributed by atoms with E-state index in [1.165, 1.54) is 6.08 Å². The van der Waals surface area contributed by atoms with Crippen molar-refractivity contribution < 1.29 is 9.53 Å². The van der Waals surface area contributed by atoms with Crippen LogP contribution in [0.3, 0.4) is 0 Å². The van der Waals surface area contributed by atoms with Crippen LogP contribution in [0, 0.1) is 5.92 Å². The topological polar surface area (TPSA) is 64.3 Å². The molecule has 0 spiro atoms. The number of amides is 1. The average Bonchev–Trinajstić information content (AvgIpc) is 2.53. The third-order valence-electron chi connectivity index (χ3n) is 3.07. The van der Waals surface area contributed by atoms with Gasteiger partial charge in [-0.2, -0.15) is 0 Å². The maximum absolute atomic E-state index is 11.9. The van der Waals surface area contributed by atoms with Gasteiger partial charge in [0.05, 0.1) is 12.3 Å². The Hall–Kier alpha value is -2.75. The molecular formula is C19H22N2O2. The zero-order valence-corrected chi connectivity index (χ0v) is 13.5. The summed E-state index contributed by atoms with van der Waals surface area (Å²) in [5, 5.41) is 2.79. The quantitative estimate of drug-likeness (QED) is 0.627. The Morgan fingerprint density at radius 3 is 2.61 bits per heavy atom. The Bertz CT molecular complexity index is 679. The van der Waals surface area contributed by atoms with E-state index in [9.17, 15) is 4.79 Å². The van der Waals surface area contributed by atoms with Crippen LogP contribution in [0.4, 0.5) is 11.4 Å². The van der Waals surface area contributed by atoms with Crippen molar-refractivity contribution in [2.24, 2.45) is 5.92 Å². The van der Waals surface area contributed by atoms with Crippen LogP contribution in [0.25, 0.3) is 6.08 Å². The maximum atomic E-state index is 11.9. The Morgan fingerprint density at radius 2 is 1.96 bits per heavy atom. The summed E-state index contributed by atoms with van der Waals surface area (Å²) in [6, 6.07) is 14.8. The number of hydrogen-bond donors (Lipinski definition) is 2. The SMILES string of the molecule is CC(C)COc1ccc(/C=C\C(=O)Nc2ccccc2)cc1N. The maximum Gasteiger partial charge on any atom is 0.248 e. The number of nitrogen functional groups attached to an aromatic ring is 1. The molecule has 120 valence electrons. The van der Waals surface area contributed by atoms with Crippen molar-refractivity contribution in [1.82, 2.24) is 0 Å². The van der Waals surface area contributed by atoms with Gasteiger partial charge in [0.2, 0.25) is 5.91 Å². The number of para-hydroxylation sites is 1. The van der Waals surface area contributed by atoms with E-state index in [0.29, 0.717) is 24.0 Å². The minimum absolute atomic E-state index is 0.185. The number of carbonyl (C=O) groups excluding carboxylic acids is 1. The number of carbonyl (C=O) groups is 1. The summed E-state index contributed by atoms with van der Waals surface area (Å²) in [6.45, 7) is 4.79. The van der Waals surface area contributed by atoms with Crippen molar-refractivity contribution in [1.29, 1.82) is 0 Å². The van der Waals surface area contributed by atoms with Gasteiger partial charge in [-0.15, -0.1) is 0 Å². The van der Waals surface area contributed by atoms with Crippen molar-refractivity contribution in [2.75, 3.05) is 17.7 Å². The molecule has 0 atom stereocenters. The number of rotatable bonds is 6. The molecule has 0 heterocycles. The minimum atomic E-state index is -0.185. The molecule has 23 heavy (non-hydrogen) atoms. The van der Waals surface area contributed by atoms with E-state index in [1.54, 1.807) is 12.1 Å². The van der Waals surface area contributed by atoms with Gasteiger partial charge >= 0.3 is 0 Å². The molecule has 0 radical (unpaired) electrons. The molecule has 0 aromatic heterocycles. The van der Waals surface area contributed by atoms with E-state index in [0.717, 1.165) is 11.3 Å². The molecule has 3 N–H and O–H groups in total. The molecule has 0 saturated heterocycles. The van der Waals surface area contributed by atoms with Crippen LogP contribution in [0.1, 0.15) is 19.4 Å². The monoisotopic (exact) mass is 310 g/mol. The van der Waals surface area contributed by atoms with Gasteiger partial charge in [0.15, 0.2) is 0 Å². The van der Waals surface area contributed by atoms with Gasteiger partial charge in [-0.3, -0.25) is 4.79 Å². The van der Waals surface area contributed by atoms with Gasteiger partial charge in [-0.1, -0.05) is 38.1 Å². The van der Waals surface area contributed by atoms with Gasteiger partial charge < -0.3 is 15.8 Å². The standard InChI is InChI=1S/C19H22N2O2/c1-14(2)13-23-18-10-8-15(12-17(18)20)9-11-19(22)21-16-6-4-3-5-7-16/h3-12,14H,13,20H2,1-2H3,(H,21,22)/b11-9-. The average molecular weight is 310 g/mol. The Morgan fingerprint density at radius 1 is 1.22 bits per heavy atom. The van der Waals surface area contributed by atoms with Crippen LogP contribution >= 0.6 is 0 Å². The molecular weight excluding hydrogens is 288 g/mol. The number of ether oxygens (including phenoxy) is 1. The van der Waals surface area contributed by atoms with Crippen LogP contribution in [-0.4, -0.2) is 12.5 Å². The third-order valence-corrected chi connectivity index (χ3v) is 3.07. The molecule has 2 aromatic carbocycles. The normalized spacial score (nSPS) is 10.9. The summed E-state index contributed by atoms with van der Waals surface area (Å²) >= 11 is 0. The lowest BCUT2D eigenvalue weighted by Crippen LogP contribution is -2.07. The van der Waals surface area contributed by atoms with Crippen molar-refractivity contribution in [3.8, 4) is 5.75 Å². The van der Waals surface area contributed by atoms with Crippen LogP contribution in [-0.2, 0) is 4.79 Å². The Kier molecular flexibility index (Phi) is 5.80. The summed E-state index contributed by atoms with van der Waals surface area (Å²) in [4.78, 5) is 11.9.